The summed E-state index contributed by atoms with van der Waals surface area (Å²) in [6.45, 7) is 6.11. The average Bonchev–Trinajstić information content (AvgIpc) is 2.81. The molecule has 0 bridgehead atoms. The Bertz CT molecular complexity index is 956. The van der Waals surface area contributed by atoms with Crippen LogP contribution in [0.5, 0.6) is 0 Å². The minimum Gasteiger partial charge on any atom is -0.368 e. The van der Waals surface area contributed by atoms with Crippen molar-refractivity contribution in [3.05, 3.63) is 64.2 Å². The lowest BCUT2D eigenvalue weighted by atomic mass is 10.0. The molecule has 0 spiro atoms. The molecule has 1 heterocycles. The summed E-state index contributed by atoms with van der Waals surface area (Å²) in [5, 5.41) is 0.692. The van der Waals surface area contributed by atoms with Crippen LogP contribution in [0.4, 0.5) is 5.69 Å². The Morgan fingerprint density at radius 3 is 2.24 bits per heavy atom. The van der Waals surface area contributed by atoms with Gasteiger partial charge in [0.15, 0.2) is 0 Å². The van der Waals surface area contributed by atoms with Crippen LogP contribution in [0.2, 0.25) is 5.02 Å². The molecule has 1 fully saturated rings. The molecule has 1 aliphatic heterocycles. The molecular formula is C25H34ClN5O2. The second kappa shape index (κ2) is 11.5. The van der Waals surface area contributed by atoms with Crippen LogP contribution in [0.25, 0.3) is 0 Å². The van der Waals surface area contributed by atoms with Gasteiger partial charge in [0.1, 0.15) is 0 Å². The van der Waals surface area contributed by atoms with Crippen LogP contribution in [0.1, 0.15) is 26.3 Å². The van der Waals surface area contributed by atoms with E-state index in [-0.39, 0.29) is 5.91 Å². The van der Waals surface area contributed by atoms with Gasteiger partial charge in [0, 0.05) is 69.1 Å². The van der Waals surface area contributed by atoms with Crippen LogP contribution < -0.4 is 10.6 Å². The number of carbonyl (C=O) groups excluding carboxylic acids is 2. The summed E-state index contributed by atoms with van der Waals surface area (Å²) in [6, 6.07) is 12.9. The highest BCUT2D eigenvalue weighted by atomic mass is 35.5. The number of anilines is 1. The van der Waals surface area contributed by atoms with Gasteiger partial charge in [0.25, 0.3) is 11.8 Å². The number of benzene rings is 2. The van der Waals surface area contributed by atoms with E-state index in [1.807, 2.05) is 30.3 Å². The molecule has 2 aromatic carbocycles. The topological polar surface area (TPSA) is 73.1 Å². The highest BCUT2D eigenvalue weighted by Crippen LogP contribution is 2.24. The quantitative estimate of drug-likeness (QED) is 0.608. The lowest BCUT2D eigenvalue weighted by molar-refractivity contribution is 0.0796. The molecule has 7 nitrogen and oxygen atoms in total. The number of primary amides is 1. The van der Waals surface area contributed by atoms with E-state index in [0.717, 1.165) is 56.9 Å². The Kier molecular flexibility index (Phi) is 8.72. The molecule has 1 saturated heterocycles. The summed E-state index contributed by atoms with van der Waals surface area (Å²) in [5.41, 5.74) is 8.48. The summed E-state index contributed by atoms with van der Waals surface area (Å²) < 4.78 is 0. The fraction of sp³-hybridized carbons (Fsp3) is 0.440. The Morgan fingerprint density at radius 2 is 1.64 bits per heavy atom. The van der Waals surface area contributed by atoms with Gasteiger partial charge >= 0.3 is 0 Å². The first-order valence-electron chi connectivity index (χ1n) is 11.3. The number of carbonyl (C=O) groups is 2. The third-order valence-corrected chi connectivity index (χ3v) is 6.33. The van der Waals surface area contributed by atoms with Crippen molar-refractivity contribution in [1.82, 2.24) is 14.7 Å². The third-order valence-electron chi connectivity index (χ3n) is 6.08. The summed E-state index contributed by atoms with van der Waals surface area (Å²) in [5.74, 6) is -0.648. The van der Waals surface area contributed by atoms with Crippen molar-refractivity contribution in [2.45, 2.75) is 6.42 Å². The summed E-state index contributed by atoms with van der Waals surface area (Å²) in [7, 11) is 5.92. The van der Waals surface area contributed by atoms with Gasteiger partial charge in [-0.3, -0.25) is 14.5 Å². The highest BCUT2D eigenvalue weighted by molar-refractivity contribution is 6.30. The molecule has 3 rings (SSSR count). The fourth-order valence-electron chi connectivity index (χ4n) is 3.97. The van der Waals surface area contributed by atoms with Crippen LogP contribution >= 0.6 is 11.6 Å². The van der Waals surface area contributed by atoms with Crippen molar-refractivity contribution in [2.24, 2.45) is 5.73 Å². The van der Waals surface area contributed by atoms with Gasteiger partial charge in [-0.1, -0.05) is 23.7 Å². The van der Waals surface area contributed by atoms with Crippen LogP contribution in [-0.4, -0.2) is 93.5 Å². The van der Waals surface area contributed by atoms with Crippen molar-refractivity contribution in [3.63, 3.8) is 0 Å². The lowest BCUT2D eigenvalue weighted by Crippen LogP contribution is -2.48. The van der Waals surface area contributed by atoms with Crippen molar-refractivity contribution >= 4 is 29.1 Å². The molecule has 1 aliphatic rings. The molecule has 2 amide bonds. The highest BCUT2D eigenvalue weighted by Gasteiger charge is 2.22. The maximum absolute atomic E-state index is 13.0. The smallest absolute Gasteiger partial charge is 0.253 e. The van der Waals surface area contributed by atoms with Crippen molar-refractivity contribution in [2.75, 3.05) is 71.9 Å². The Morgan fingerprint density at radius 1 is 0.970 bits per heavy atom. The number of hydrogen-bond acceptors (Lipinski definition) is 5. The van der Waals surface area contributed by atoms with Gasteiger partial charge in [0.2, 0.25) is 0 Å². The van der Waals surface area contributed by atoms with Crippen LogP contribution in [0.15, 0.2) is 42.5 Å². The monoisotopic (exact) mass is 471 g/mol. The molecule has 33 heavy (non-hydrogen) atoms. The number of nitrogens with two attached hydrogens (primary N) is 1. The predicted octanol–water partition coefficient (Wildman–Crippen LogP) is 2.44. The zero-order valence-electron chi connectivity index (χ0n) is 19.8. The zero-order valence-corrected chi connectivity index (χ0v) is 20.5. The summed E-state index contributed by atoms with van der Waals surface area (Å²) >= 11 is 5.94. The van der Waals surface area contributed by atoms with Crippen LogP contribution in [0, 0.1) is 0 Å². The molecule has 8 heteroatoms. The first kappa shape index (κ1) is 25.0. The second-order valence-corrected chi connectivity index (χ2v) is 9.27. The minimum atomic E-state index is -0.515. The van der Waals surface area contributed by atoms with Crippen molar-refractivity contribution < 1.29 is 9.59 Å². The Hall–Kier alpha value is -2.61. The van der Waals surface area contributed by atoms with Crippen molar-refractivity contribution in [3.8, 4) is 0 Å². The first-order chi connectivity index (χ1) is 15.7. The lowest BCUT2D eigenvalue weighted by Gasteiger charge is -2.37. The van der Waals surface area contributed by atoms with Crippen molar-refractivity contribution in [1.29, 1.82) is 0 Å². The van der Waals surface area contributed by atoms with Crippen LogP contribution in [0.3, 0.4) is 0 Å². The number of halogens is 1. The van der Waals surface area contributed by atoms with Gasteiger partial charge in [-0.05, 0) is 56.4 Å². The summed E-state index contributed by atoms with van der Waals surface area (Å²) in [6.07, 6.45) is 0.721. The minimum absolute atomic E-state index is 0.133. The third kappa shape index (κ3) is 6.93. The number of hydrogen-bond donors (Lipinski definition) is 1. The van der Waals surface area contributed by atoms with E-state index in [1.165, 1.54) is 0 Å². The van der Waals surface area contributed by atoms with Crippen LogP contribution in [-0.2, 0) is 6.42 Å². The molecular weight excluding hydrogens is 438 g/mol. The zero-order chi connectivity index (χ0) is 24.0. The summed E-state index contributed by atoms with van der Waals surface area (Å²) in [4.78, 5) is 33.7. The molecule has 2 N–H and O–H groups in total. The predicted molar refractivity (Wildman–Crippen MR) is 134 cm³/mol. The van der Waals surface area contributed by atoms with Gasteiger partial charge in [-0.25, -0.2) is 0 Å². The van der Waals surface area contributed by atoms with E-state index in [1.54, 1.807) is 24.1 Å². The van der Waals surface area contributed by atoms with Gasteiger partial charge in [0.05, 0.1) is 5.56 Å². The van der Waals surface area contributed by atoms with E-state index in [4.69, 9.17) is 17.3 Å². The number of amides is 2. The van der Waals surface area contributed by atoms with E-state index in [0.29, 0.717) is 22.7 Å². The molecule has 0 atom stereocenters. The van der Waals surface area contributed by atoms with Gasteiger partial charge in [-0.15, -0.1) is 0 Å². The first-order valence-corrected chi connectivity index (χ1v) is 11.7. The molecule has 0 aromatic heterocycles. The number of piperazine rings is 1. The molecule has 2 aromatic rings. The Balaban J connectivity index is 1.64. The number of nitrogens with zero attached hydrogens (tertiary/aromatic N) is 4. The number of likely N-dealkylation sites (N-methyl/N-ethyl adjacent to an activating group) is 2. The maximum Gasteiger partial charge on any atom is 0.253 e. The molecule has 0 radical (unpaired) electrons. The largest absolute Gasteiger partial charge is 0.368 e. The maximum atomic E-state index is 13.0. The second-order valence-electron chi connectivity index (χ2n) is 8.83. The van der Waals surface area contributed by atoms with Gasteiger partial charge in [-0.2, -0.15) is 0 Å². The average molecular weight is 472 g/mol. The Labute approximate surface area is 201 Å². The van der Waals surface area contributed by atoms with Gasteiger partial charge < -0.3 is 20.4 Å². The molecule has 178 valence electrons. The molecule has 0 aliphatic carbocycles. The number of rotatable bonds is 9. The fourth-order valence-corrected chi connectivity index (χ4v) is 4.09. The van der Waals surface area contributed by atoms with E-state index in [9.17, 15) is 9.59 Å². The molecule has 0 unspecified atom stereocenters. The normalized spacial score (nSPS) is 14.5. The van der Waals surface area contributed by atoms with E-state index >= 15 is 0 Å². The van der Waals surface area contributed by atoms with E-state index in [2.05, 4.69) is 28.8 Å². The standard InChI is InChI=1S/C25H34ClN5O2/c1-28(2)12-13-30-14-16-31(17-15-30)23-9-6-20(18-22(23)24(27)32)25(33)29(3)11-10-19-4-7-21(26)8-5-19/h4-9,18H,10-17H2,1-3H3,(H2,27,32). The van der Waals surface area contributed by atoms with E-state index < -0.39 is 5.91 Å². The molecule has 0 saturated carbocycles. The SMILES string of the molecule is CN(C)CCN1CCN(c2ccc(C(=O)N(C)CCc3ccc(Cl)cc3)cc2C(N)=O)CC1.